The van der Waals surface area contributed by atoms with Gasteiger partial charge >= 0.3 is 0 Å². The molecule has 5 heterocycles. The summed E-state index contributed by atoms with van der Waals surface area (Å²) in [6, 6.07) is 6.16. The van der Waals surface area contributed by atoms with Crippen LogP contribution in [0.2, 0.25) is 0 Å². The number of carbonyl (C=O) groups excluding carboxylic acids is 4. The molecule has 13 nitrogen and oxygen atoms in total. The third-order valence-electron chi connectivity index (χ3n) is 9.84. The number of carbonyl (C=O) groups is 4. The number of amides is 3. The van der Waals surface area contributed by atoms with Crippen molar-refractivity contribution in [2.45, 2.75) is 71.0 Å². The Morgan fingerprint density at radius 2 is 1.88 bits per heavy atom. The van der Waals surface area contributed by atoms with Gasteiger partial charge in [-0.2, -0.15) is 5.10 Å². The van der Waals surface area contributed by atoms with E-state index in [-0.39, 0.29) is 47.6 Å². The van der Waals surface area contributed by atoms with Gasteiger partial charge in [0.15, 0.2) is 5.78 Å². The predicted molar refractivity (Wildman–Crippen MR) is 188 cm³/mol. The Morgan fingerprint density at radius 3 is 2.64 bits per heavy atom. The van der Waals surface area contributed by atoms with Gasteiger partial charge in [-0.1, -0.05) is 12.2 Å². The Kier molecular flexibility index (Phi) is 8.97. The molecule has 1 saturated heterocycles. The lowest BCUT2D eigenvalue weighted by Gasteiger charge is -2.27. The number of hydrogen-bond acceptors (Lipinski definition) is 9. The maximum absolute atomic E-state index is 14.4. The molecular formula is C36H37BrN8O5. The molecule has 3 aliphatic rings. The molecule has 0 radical (unpaired) electrons. The number of halogens is 1. The molecule has 0 unspecified atom stereocenters. The zero-order chi connectivity index (χ0) is 35.2. The third kappa shape index (κ3) is 6.51. The van der Waals surface area contributed by atoms with Gasteiger partial charge in [0.2, 0.25) is 17.7 Å². The van der Waals surface area contributed by atoms with Gasteiger partial charge in [-0.05, 0) is 78.2 Å². The van der Waals surface area contributed by atoms with Gasteiger partial charge in [-0.25, -0.2) is 15.0 Å². The minimum absolute atomic E-state index is 0.0504. The van der Waals surface area contributed by atoms with E-state index in [0.29, 0.717) is 65.7 Å². The Bertz CT molecular complexity index is 2060. The highest BCUT2D eigenvalue weighted by Gasteiger charge is 2.67. The molecule has 50 heavy (non-hydrogen) atoms. The Balaban J connectivity index is 1.29. The van der Waals surface area contributed by atoms with Crippen molar-refractivity contribution >= 4 is 56.2 Å². The van der Waals surface area contributed by atoms with Crippen molar-refractivity contribution in [3.63, 3.8) is 0 Å². The summed E-state index contributed by atoms with van der Waals surface area (Å²) in [5.74, 6) is 0.466. The normalized spacial score (nSPS) is 22.8. The van der Waals surface area contributed by atoms with Crippen LogP contribution in [0, 0.1) is 12.3 Å². The van der Waals surface area contributed by atoms with Gasteiger partial charge in [0.25, 0.3) is 0 Å². The second-order valence-electron chi connectivity index (χ2n) is 13.3. The first-order chi connectivity index (χ1) is 24.0. The van der Waals surface area contributed by atoms with Gasteiger partial charge in [-0.15, -0.1) is 0 Å². The number of rotatable bonds is 5. The summed E-state index contributed by atoms with van der Waals surface area (Å²) in [4.78, 5) is 68.9. The van der Waals surface area contributed by atoms with Gasteiger partial charge in [0.05, 0.1) is 12.6 Å². The lowest BCUT2D eigenvalue weighted by atomic mass is 9.98. The minimum atomic E-state index is -0.812. The Labute approximate surface area is 297 Å². The number of nitrogens with zero attached hydrogens (tertiary/aromatic N) is 6. The molecule has 2 N–H and O–H groups in total. The summed E-state index contributed by atoms with van der Waals surface area (Å²) in [7, 11) is 1.52. The fourth-order valence-corrected chi connectivity index (χ4v) is 7.67. The van der Waals surface area contributed by atoms with Crippen molar-refractivity contribution in [3.05, 3.63) is 70.5 Å². The lowest BCUT2D eigenvalue weighted by Crippen LogP contribution is -2.46. The van der Waals surface area contributed by atoms with Gasteiger partial charge < -0.3 is 20.3 Å². The molecular weight excluding hydrogens is 704 g/mol. The van der Waals surface area contributed by atoms with Crippen LogP contribution in [0.5, 0.6) is 5.75 Å². The molecule has 1 aromatic carbocycles. The molecule has 4 aromatic rings. The number of methoxy groups -OCH3 is 1. The van der Waals surface area contributed by atoms with Crippen molar-refractivity contribution < 1.29 is 23.9 Å². The number of aryl methyl sites for hydroxylation is 1. The van der Waals surface area contributed by atoms with Crippen LogP contribution in [0.1, 0.15) is 60.9 Å². The predicted octanol–water partition coefficient (Wildman–Crippen LogP) is 4.57. The van der Waals surface area contributed by atoms with Crippen LogP contribution in [-0.4, -0.2) is 78.9 Å². The van der Waals surface area contributed by atoms with E-state index >= 15 is 0 Å². The molecule has 0 spiro atoms. The van der Waals surface area contributed by atoms with Gasteiger partial charge in [-0.3, -0.25) is 23.9 Å². The summed E-state index contributed by atoms with van der Waals surface area (Å²) >= 11 is 3.35. The zero-order valence-electron chi connectivity index (χ0n) is 28.0. The minimum Gasteiger partial charge on any atom is -0.497 e. The van der Waals surface area contributed by atoms with Crippen LogP contribution in [0.15, 0.2) is 53.4 Å². The first kappa shape index (κ1) is 33.5. The fourth-order valence-electron chi connectivity index (χ4n) is 7.26. The van der Waals surface area contributed by atoms with Crippen LogP contribution < -0.4 is 15.4 Å². The van der Waals surface area contributed by atoms with Crippen LogP contribution >= 0.6 is 15.9 Å². The molecule has 1 aliphatic carbocycles. The maximum atomic E-state index is 14.4. The average molecular weight is 742 g/mol. The van der Waals surface area contributed by atoms with E-state index in [1.165, 1.54) is 14.0 Å². The standard InChI is InChI=1S/C36H37BrN8O5/c1-20(46)33-26-11-23(24-16-38-21(2)39-17-24)10-22-8-6-4-5-7-9-31(47)40-19-36-14-27(35(49)42-30-13-25(50-3)12-29(37)41-30)45(28(36)15-36)32(48)18-44(43-33)34(22)26/h4,6,10-13,16-17,27-28H,5,7-9,14-15,18-19H2,1-3H3,(H,40,47)(H,41,42,49)/b6-4+/t27-,28+,36-/m0/s1. The summed E-state index contributed by atoms with van der Waals surface area (Å²) < 4.78 is 7.42. The number of aromatic nitrogens is 5. The van der Waals surface area contributed by atoms with Crippen LogP contribution in [0.3, 0.4) is 0 Å². The van der Waals surface area contributed by atoms with E-state index in [1.807, 2.05) is 25.1 Å². The third-order valence-corrected chi connectivity index (χ3v) is 10.2. The topological polar surface area (TPSA) is 161 Å². The fraction of sp³-hybridized carbons (Fsp3) is 0.389. The highest BCUT2D eigenvalue weighted by atomic mass is 79.9. The highest BCUT2D eigenvalue weighted by molar-refractivity contribution is 9.10. The second kappa shape index (κ2) is 13.4. The Morgan fingerprint density at radius 1 is 1.08 bits per heavy atom. The van der Waals surface area contributed by atoms with Crippen LogP contribution in [-0.2, 0) is 27.3 Å². The van der Waals surface area contributed by atoms with Crippen LogP contribution in [0.4, 0.5) is 5.82 Å². The number of benzene rings is 1. The molecule has 7 rings (SSSR count). The Hall–Kier alpha value is -4.98. The molecule has 1 saturated carbocycles. The number of nitrogens with one attached hydrogen (secondary N) is 2. The van der Waals surface area contributed by atoms with Crippen molar-refractivity contribution in [1.82, 2.24) is 34.9 Å². The molecule has 14 heteroatoms. The smallest absolute Gasteiger partial charge is 0.248 e. The number of allylic oxidation sites excluding steroid dienone is 2. The summed E-state index contributed by atoms with van der Waals surface area (Å²) in [5.41, 5.74) is 3.01. The number of ether oxygens (including phenoxy) is 1. The summed E-state index contributed by atoms with van der Waals surface area (Å²) in [6.45, 7) is 3.47. The number of piperidine rings is 1. The molecule has 2 bridgehead atoms. The van der Waals surface area contributed by atoms with E-state index < -0.39 is 11.5 Å². The maximum Gasteiger partial charge on any atom is 0.248 e. The number of ketones is 1. The average Bonchev–Trinajstić information content (AvgIpc) is 3.49. The molecule has 258 valence electrons. The summed E-state index contributed by atoms with van der Waals surface area (Å²) in [6.07, 6.45) is 10.9. The lowest BCUT2D eigenvalue weighted by molar-refractivity contribution is -0.138. The van der Waals surface area contributed by atoms with E-state index in [0.717, 1.165) is 23.1 Å². The molecule has 3 aromatic heterocycles. The first-order valence-electron chi connectivity index (χ1n) is 16.6. The van der Waals surface area contributed by atoms with Crippen molar-refractivity contribution in [3.8, 4) is 16.9 Å². The quantitative estimate of drug-likeness (QED) is 0.170. The molecule has 3 amide bonds. The van der Waals surface area contributed by atoms with Crippen molar-refractivity contribution in [1.29, 1.82) is 0 Å². The highest BCUT2D eigenvalue weighted by Crippen LogP contribution is 2.59. The number of hydrogen-bond donors (Lipinski definition) is 2. The van der Waals surface area contributed by atoms with Crippen LogP contribution in [0.25, 0.3) is 22.0 Å². The van der Waals surface area contributed by atoms with Gasteiger partial charge in [0.1, 0.15) is 40.3 Å². The molecule has 2 aliphatic heterocycles. The molecule has 2 fully saturated rings. The zero-order valence-corrected chi connectivity index (χ0v) is 29.6. The van der Waals surface area contributed by atoms with Crippen molar-refractivity contribution in [2.75, 3.05) is 19.0 Å². The van der Waals surface area contributed by atoms with E-state index in [9.17, 15) is 19.2 Å². The summed E-state index contributed by atoms with van der Waals surface area (Å²) in [5, 5.41) is 11.3. The SMILES string of the molecule is COc1cc(Br)nc(NC(=O)[C@@H]2C[C@]34CNC(=O)CCC/C=C/Cc5cc(-c6cnc(C)nc6)cc6c(C(C)=O)nn(c56)CC(=O)N2[C@@H]3C4)c1. The number of Topliss-reactive ketones (excluding diaryl/α,β-unsaturated/α-hetero) is 1. The largest absolute Gasteiger partial charge is 0.497 e. The first-order valence-corrected chi connectivity index (χ1v) is 17.4. The van der Waals surface area contributed by atoms with Gasteiger partial charge in [0, 0.05) is 66.8 Å². The molecule has 3 atom stereocenters. The van der Waals surface area contributed by atoms with E-state index in [1.54, 1.807) is 34.1 Å². The monoisotopic (exact) mass is 740 g/mol. The van der Waals surface area contributed by atoms with E-state index in [4.69, 9.17) is 9.84 Å². The van der Waals surface area contributed by atoms with E-state index in [2.05, 4.69) is 47.6 Å². The number of pyridine rings is 1. The van der Waals surface area contributed by atoms with Crippen molar-refractivity contribution in [2.24, 2.45) is 5.41 Å². The second-order valence-corrected chi connectivity index (χ2v) is 14.1. The number of anilines is 1.